The van der Waals surface area contributed by atoms with Crippen molar-refractivity contribution >= 4 is 17.3 Å². The minimum absolute atomic E-state index is 0.0413. The number of nitrogens with zero attached hydrogens (tertiary/aromatic N) is 2. The van der Waals surface area contributed by atoms with Crippen molar-refractivity contribution in [2.45, 2.75) is 25.3 Å². The summed E-state index contributed by atoms with van der Waals surface area (Å²) in [7, 11) is 0. The Morgan fingerprint density at radius 2 is 2.08 bits per heavy atom. The molecule has 2 aliphatic rings. The van der Waals surface area contributed by atoms with Crippen molar-refractivity contribution in [1.29, 1.82) is 0 Å². The molecule has 8 heteroatoms. The van der Waals surface area contributed by atoms with Crippen LogP contribution in [-0.2, 0) is 0 Å². The molecule has 1 heterocycles. The number of carbonyl (C=O) groups excluding carboxylic acids is 1. The maximum Gasteiger partial charge on any atom is 0.293 e. The van der Waals surface area contributed by atoms with Crippen LogP contribution in [0.15, 0.2) is 18.2 Å². The zero-order chi connectivity index (χ0) is 17.6. The molecule has 25 heavy (non-hydrogen) atoms. The molecule has 0 spiro atoms. The second kappa shape index (κ2) is 8.26. The molecule has 1 saturated carbocycles. The van der Waals surface area contributed by atoms with Gasteiger partial charge in [0.05, 0.1) is 4.92 Å². The summed E-state index contributed by atoms with van der Waals surface area (Å²) in [6.07, 6.45) is 2.94. The molecular weight excluding hydrogens is 322 g/mol. The minimum Gasteiger partial charge on any atom is -0.377 e. The third-order valence-electron chi connectivity index (χ3n) is 4.54. The molecule has 1 aromatic carbocycles. The van der Waals surface area contributed by atoms with Crippen molar-refractivity contribution in [2.24, 2.45) is 0 Å². The average molecular weight is 347 g/mol. The van der Waals surface area contributed by atoms with E-state index in [2.05, 4.69) is 20.9 Å². The van der Waals surface area contributed by atoms with Crippen molar-refractivity contribution < 1.29 is 9.72 Å². The van der Waals surface area contributed by atoms with Gasteiger partial charge in [0.2, 0.25) is 0 Å². The Morgan fingerprint density at radius 1 is 1.32 bits per heavy atom. The number of carbonyl (C=O) groups is 1. The van der Waals surface area contributed by atoms with Crippen molar-refractivity contribution in [3.8, 4) is 0 Å². The van der Waals surface area contributed by atoms with E-state index >= 15 is 0 Å². The van der Waals surface area contributed by atoms with Gasteiger partial charge in [0.25, 0.3) is 11.6 Å². The molecule has 0 unspecified atom stereocenters. The third kappa shape index (κ3) is 5.14. The van der Waals surface area contributed by atoms with Gasteiger partial charge in [-0.3, -0.25) is 14.9 Å². The molecule has 1 aliphatic carbocycles. The van der Waals surface area contributed by atoms with E-state index in [1.807, 2.05) is 0 Å². The van der Waals surface area contributed by atoms with E-state index in [4.69, 9.17) is 0 Å². The number of piperazine rings is 1. The van der Waals surface area contributed by atoms with Gasteiger partial charge in [-0.05, 0) is 37.9 Å². The third-order valence-corrected chi connectivity index (χ3v) is 4.54. The highest BCUT2D eigenvalue weighted by atomic mass is 16.6. The van der Waals surface area contributed by atoms with E-state index in [1.165, 1.54) is 6.07 Å². The molecule has 0 aromatic heterocycles. The molecule has 3 N–H and O–H groups in total. The molecule has 8 nitrogen and oxygen atoms in total. The van der Waals surface area contributed by atoms with Gasteiger partial charge in [-0.25, -0.2) is 0 Å². The normalized spacial score (nSPS) is 17.9. The highest BCUT2D eigenvalue weighted by Crippen LogP contribution is 2.31. The summed E-state index contributed by atoms with van der Waals surface area (Å²) in [6, 6.07) is 4.95. The van der Waals surface area contributed by atoms with E-state index in [0.717, 1.165) is 52.0 Å². The SMILES string of the molecule is O=C(NCCCN1CCNCC1)c1ccc(NC2CC2)c([N+](=O)[O-])c1. The topological polar surface area (TPSA) is 99.5 Å². The lowest BCUT2D eigenvalue weighted by Crippen LogP contribution is -2.44. The first-order chi connectivity index (χ1) is 12.1. The van der Waals surface area contributed by atoms with Crippen LogP contribution in [0.1, 0.15) is 29.6 Å². The summed E-state index contributed by atoms with van der Waals surface area (Å²) in [5.41, 5.74) is 0.776. The summed E-state index contributed by atoms with van der Waals surface area (Å²) >= 11 is 0. The van der Waals surface area contributed by atoms with Gasteiger partial charge in [0.1, 0.15) is 5.69 Å². The Kier molecular flexibility index (Phi) is 5.83. The zero-order valence-electron chi connectivity index (χ0n) is 14.3. The molecule has 1 saturated heterocycles. The fourth-order valence-corrected chi connectivity index (χ4v) is 2.93. The highest BCUT2D eigenvalue weighted by Gasteiger charge is 2.25. The number of anilines is 1. The van der Waals surface area contributed by atoms with Crippen LogP contribution < -0.4 is 16.0 Å². The van der Waals surface area contributed by atoms with E-state index in [9.17, 15) is 14.9 Å². The molecule has 1 amide bonds. The molecular formula is C17H25N5O3. The predicted molar refractivity (Wildman–Crippen MR) is 96.0 cm³/mol. The van der Waals surface area contributed by atoms with Crippen molar-refractivity contribution in [3.63, 3.8) is 0 Å². The van der Waals surface area contributed by atoms with Crippen molar-refractivity contribution in [2.75, 3.05) is 44.6 Å². The number of rotatable bonds is 8. The van der Waals surface area contributed by atoms with Gasteiger partial charge in [0, 0.05) is 50.4 Å². The average Bonchev–Trinajstić information content (AvgIpc) is 3.43. The van der Waals surface area contributed by atoms with Crippen molar-refractivity contribution in [3.05, 3.63) is 33.9 Å². The van der Waals surface area contributed by atoms with Crippen LogP contribution in [0.4, 0.5) is 11.4 Å². The maximum absolute atomic E-state index is 12.2. The first kappa shape index (κ1) is 17.6. The lowest BCUT2D eigenvalue weighted by molar-refractivity contribution is -0.384. The Hall–Kier alpha value is -2.19. The summed E-state index contributed by atoms with van der Waals surface area (Å²) in [4.78, 5) is 25.4. The van der Waals surface area contributed by atoms with E-state index in [-0.39, 0.29) is 11.6 Å². The second-order valence-electron chi connectivity index (χ2n) is 6.61. The number of nitro groups is 1. The first-order valence-electron chi connectivity index (χ1n) is 8.90. The molecule has 0 bridgehead atoms. The largest absolute Gasteiger partial charge is 0.377 e. The van der Waals surface area contributed by atoms with Crippen LogP contribution in [0.2, 0.25) is 0 Å². The van der Waals surface area contributed by atoms with Crippen molar-refractivity contribution in [1.82, 2.24) is 15.5 Å². The molecule has 3 rings (SSSR count). The van der Waals surface area contributed by atoms with Crippen LogP contribution in [-0.4, -0.2) is 61.0 Å². The van der Waals surface area contributed by atoms with Gasteiger partial charge >= 0.3 is 0 Å². The second-order valence-corrected chi connectivity index (χ2v) is 6.61. The fraction of sp³-hybridized carbons (Fsp3) is 0.588. The van der Waals surface area contributed by atoms with Crippen LogP contribution in [0.3, 0.4) is 0 Å². The van der Waals surface area contributed by atoms with Crippen LogP contribution in [0, 0.1) is 10.1 Å². The standard InChI is InChI=1S/C17H25N5O3/c23-17(19-6-1-9-21-10-7-18-8-11-21)13-2-5-15(20-14-3-4-14)16(12-13)22(24)25/h2,5,12,14,18,20H,1,3-4,6-11H2,(H,19,23). The molecule has 1 aliphatic heterocycles. The maximum atomic E-state index is 12.2. The van der Waals surface area contributed by atoms with Gasteiger partial charge < -0.3 is 20.9 Å². The molecule has 136 valence electrons. The number of nitrogens with one attached hydrogen (secondary N) is 3. The monoisotopic (exact) mass is 347 g/mol. The highest BCUT2D eigenvalue weighted by molar-refractivity contribution is 5.95. The molecule has 0 atom stereocenters. The minimum atomic E-state index is -0.439. The summed E-state index contributed by atoms with van der Waals surface area (Å²) in [6.45, 7) is 5.62. The van der Waals surface area contributed by atoms with E-state index < -0.39 is 4.92 Å². The van der Waals surface area contributed by atoms with Gasteiger partial charge in [-0.15, -0.1) is 0 Å². The lowest BCUT2D eigenvalue weighted by Gasteiger charge is -2.27. The number of hydrogen-bond acceptors (Lipinski definition) is 6. The number of amides is 1. The quantitative estimate of drug-likeness (QED) is 0.371. The van der Waals surface area contributed by atoms with Crippen LogP contribution >= 0.6 is 0 Å². The molecule has 2 fully saturated rings. The Labute approximate surface area is 147 Å². The van der Waals surface area contributed by atoms with Crippen LogP contribution in [0.25, 0.3) is 0 Å². The van der Waals surface area contributed by atoms with E-state index in [1.54, 1.807) is 12.1 Å². The van der Waals surface area contributed by atoms with Gasteiger partial charge in [-0.1, -0.05) is 0 Å². The van der Waals surface area contributed by atoms with Crippen LogP contribution in [0.5, 0.6) is 0 Å². The number of nitro benzene ring substituents is 1. The summed E-state index contributed by atoms with van der Waals surface area (Å²) in [5, 5.41) is 20.6. The van der Waals surface area contributed by atoms with E-state index in [0.29, 0.717) is 23.8 Å². The Balaban J connectivity index is 1.50. The number of benzene rings is 1. The molecule has 0 radical (unpaired) electrons. The molecule has 1 aromatic rings. The van der Waals surface area contributed by atoms with Gasteiger partial charge in [-0.2, -0.15) is 0 Å². The fourth-order valence-electron chi connectivity index (χ4n) is 2.93. The smallest absolute Gasteiger partial charge is 0.293 e. The summed E-state index contributed by atoms with van der Waals surface area (Å²) < 4.78 is 0. The lowest BCUT2D eigenvalue weighted by atomic mass is 10.1. The predicted octanol–water partition coefficient (Wildman–Crippen LogP) is 1.19. The Morgan fingerprint density at radius 3 is 2.76 bits per heavy atom. The van der Waals surface area contributed by atoms with Gasteiger partial charge in [0.15, 0.2) is 0 Å². The first-order valence-corrected chi connectivity index (χ1v) is 8.90. The zero-order valence-corrected chi connectivity index (χ0v) is 14.3. The summed E-state index contributed by atoms with van der Waals surface area (Å²) in [5.74, 6) is -0.263. The number of hydrogen-bond donors (Lipinski definition) is 3. The Bertz CT molecular complexity index is 627.